The molecule has 0 unspecified atom stereocenters. The van der Waals surface area contributed by atoms with Crippen molar-refractivity contribution in [1.29, 1.82) is 0 Å². The molecule has 0 saturated carbocycles. The van der Waals surface area contributed by atoms with Gasteiger partial charge in [-0.25, -0.2) is 0 Å². The molecule has 0 spiro atoms. The van der Waals surface area contributed by atoms with E-state index in [2.05, 4.69) is 29.7 Å². The normalized spacial score (nSPS) is 23.3. The van der Waals surface area contributed by atoms with Crippen LogP contribution in [0.2, 0.25) is 0 Å². The van der Waals surface area contributed by atoms with Crippen LogP contribution in [0.1, 0.15) is 22.7 Å². The lowest BCUT2D eigenvalue weighted by molar-refractivity contribution is 0.435. The van der Waals surface area contributed by atoms with Crippen molar-refractivity contribution < 1.29 is 0 Å². The second kappa shape index (κ2) is 4.22. The molecular formula is C10H16N2S. The summed E-state index contributed by atoms with van der Waals surface area (Å²) in [6.45, 7) is 5.47. The van der Waals surface area contributed by atoms with Crippen molar-refractivity contribution in [2.45, 2.75) is 19.4 Å². The largest absolute Gasteiger partial charge is 0.314 e. The molecule has 1 aliphatic heterocycles. The van der Waals surface area contributed by atoms with E-state index in [-0.39, 0.29) is 0 Å². The summed E-state index contributed by atoms with van der Waals surface area (Å²) in [5, 5.41) is 6.93. The highest BCUT2D eigenvalue weighted by Gasteiger charge is 2.15. The Morgan fingerprint density at radius 2 is 2.38 bits per heavy atom. The second-order valence-electron chi connectivity index (χ2n) is 3.37. The third-order valence-electron chi connectivity index (χ3n) is 2.42. The highest BCUT2D eigenvalue weighted by molar-refractivity contribution is 7.12. The molecule has 2 nitrogen and oxygen atoms in total. The Morgan fingerprint density at radius 1 is 1.46 bits per heavy atom. The molecule has 72 valence electrons. The lowest BCUT2D eigenvalue weighted by Crippen LogP contribution is -2.42. The van der Waals surface area contributed by atoms with E-state index in [9.17, 15) is 0 Å². The van der Waals surface area contributed by atoms with Gasteiger partial charge in [-0.3, -0.25) is 0 Å². The minimum absolute atomic E-state index is 0.541. The minimum Gasteiger partial charge on any atom is -0.314 e. The molecule has 0 aromatic carbocycles. The lowest BCUT2D eigenvalue weighted by atomic mass is 10.2. The van der Waals surface area contributed by atoms with E-state index in [4.69, 9.17) is 0 Å². The number of thiophene rings is 1. The molecule has 0 bridgehead atoms. The molecule has 1 aromatic heterocycles. The van der Waals surface area contributed by atoms with Gasteiger partial charge < -0.3 is 10.6 Å². The Balaban J connectivity index is 2.05. The van der Waals surface area contributed by atoms with Crippen molar-refractivity contribution >= 4 is 11.3 Å². The third-order valence-corrected chi connectivity index (χ3v) is 3.76. The van der Waals surface area contributed by atoms with Crippen LogP contribution in [0.25, 0.3) is 0 Å². The van der Waals surface area contributed by atoms with Crippen LogP contribution in [-0.4, -0.2) is 19.6 Å². The van der Waals surface area contributed by atoms with E-state index in [1.54, 1.807) is 0 Å². The minimum atomic E-state index is 0.541. The number of hydrogen-bond donors (Lipinski definition) is 2. The lowest BCUT2D eigenvalue weighted by Gasteiger charge is -2.23. The standard InChI is InChI=1S/C10H16N2S/c1-2-8-3-4-10(13-8)9-7-11-5-6-12-9/h3-4,9,11-12H,2,5-7H2,1H3/t9-/m1/s1. The maximum atomic E-state index is 3.52. The number of aryl methyl sites for hydroxylation is 1. The fourth-order valence-electron chi connectivity index (χ4n) is 1.63. The van der Waals surface area contributed by atoms with Crippen molar-refractivity contribution in [2.75, 3.05) is 19.6 Å². The summed E-state index contributed by atoms with van der Waals surface area (Å²) in [5.41, 5.74) is 0. The van der Waals surface area contributed by atoms with Crippen LogP contribution in [0, 0.1) is 0 Å². The van der Waals surface area contributed by atoms with E-state index in [0.29, 0.717) is 6.04 Å². The van der Waals surface area contributed by atoms with E-state index >= 15 is 0 Å². The van der Waals surface area contributed by atoms with Gasteiger partial charge in [0, 0.05) is 29.4 Å². The van der Waals surface area contributed by atoms with Crippen molar-refractivity contribution in [3.8, 4) is 0 Å². The maximum absolute atomic E-state index is 3.52. The summed E-state index contributed by atoms with van der Waals surface area (Å²) >= 11 is 1.94. The van der Waals surface area contributed by atoms with Crippen LogP contribution in [0.4, 0.5) is 0 Å². The molecule has 0 aliphatic carbocycles. The number of piperazine rings is 1. The Bertz CT molecular complexity index is 264. The third kappa shape index (κ3) is 2.10. The van der Waals surface area contributed by atoms with Crippen molar-refractivity contribution in [1.82, 2.24) is 10.6 Å². The summed E-state index contributed by atoms with van der Waals surface area (Å²) in [6.07, 6.45) is 1.16. The summed E-state index contributed by atoms with van der Waals surface area (Å²) < 4.78 is 0. The van der Waals surface area contributed by atoms with Gasteiger partial charge in [-0.15, -0.1) is 11.3 Å². The number of rotatable bonds is 2. The topological polar surface area (TPSA) is 24.1 Å². The van der Waals surface area contributed by atoms with E-state index in [1.807, 2.05) is 11.3 Å². The van der Waals surface area contributed by atoms with Gasteiger partial charge >= 0.3 is 0 Å². The summed E-state index contributed by atoms with van der Waals surface area (Å²) in [6, 6.07) is 5.05. The van der Waals surface area contributed by atoms with Gasteiger partial charge in [-0.1, -0.05) is 6.92 Å². The molecule has 1 aromatic rings. The summed E-state index contributed by atoms with van der Waals surface area (Å²) in [4.78, 5) is 2.96. The monoisotopic (exact) mass is 196 g/mol. The van der Waals surface area contributed by atoms with Crippen molar-refractivity contribution in [3.63, 3.8) is 0 Å². The summed E-state index contributed by atoms with van der Waals surface area (Å²) in [5.74, 6) is 0. The van der Waals surface area contributed by atoms with Gasteiger partial charge in [0.2, 0.25) is 0 Å². The zero-order chi connectivity index (χ0) is 9.10. The second-order valence-corrected chi connectivity index (χ2v) is 4.57. The molecule has 0 radical (unpaired) electrons. The van der Waals surface area contributed by atoms with Gasteiger partial charge in [-0.05, 0) is 18.6 Å². The van der Waals surface area contributed by atoms with Crippen LogP contribution in [0.5, 0.6) is 0 Å². The van der Waals surface area contributed by atoms with Gasteiger partial charge in [0.15, 0.2) is 0 Å². The molecule has 2 rings (SSSR count). The molecule has 1 fully saturated rings. The molecule has 1 saturated heterocycles. The van der Waals surface area contributed by atoms with E-state index in [0.717, 1.165) is 26.1 Å². The molecule has 0 amide bonds. The number of hydrogen-bond acceptors (Lipinski definition) is 3. The van der Waals surface area contributed by atoms with Crippen LogP contribution < -0.4 is 10.6 Å². The highest BCUT2D eigenvalue weighted by Crippen LogP contribution is 2.23. The molecule has 1 atom stereocenters. The Kier molecular flexibility index (Phi) is 2.98. The quantitative estimate of drug-likeness (QED) is 0.750. The molecule has 3 heteroatoms. The van der Waals surface area contributed by atoms with Gasteiger partial charge in [0.1, 0.15) is 0 Å². The van der Waals surface area contributed by atoms with Gasteiger partial charge in [0.25, 0.3) is 0 Å². The Morgan fingerprint density at radius 3 is 3.00 bits per heavy atom. The predicted octanol–water partition coefficient (Wildman–Crippen LogP) is 1.54. The zero-order valence-electron chi connectivity index (χ0n) is 7.97. The summed E-state index contributed by atoms with van der Waals surface area (Å²) in [7, 11) is 0. The molecule has 2 N–H and O–H groups in total. The van der Waals surface area contributed by atoms with Gasteiger partial charge in [-0.2, -0.15) is 0 Å². The van der Waals surface area contributed by atoms with Crippen molar-refractivity contribution in [2.24, 2.45) is 0 Å². The van der Waals surface area contributed by atoms with Gasteiger partial charge in [0.05, 0.1) is 6.04 Å². The first-order valence-corrected chi connectivity index (χ1v) is 5.74. The number of nitrogens with one attached hydrogen (secondary N) is 2. The first kappa shape index (κ1) is 9.19. The SMILES string of the molecule is CCc1ccc([C@H]2CNCCN2)s1. The average molecular weight is 196 g/mol. The highest BCUT2D eigenvalue weighted by atomic mass is 32.1. The maximum Gasteiger partial charge on any atom is 0.0542 e. The predicted molar refractivity (Wildman–Crippen MR) is 57.3 cm³/mol. The van der Waals surface area contributed by atoms with E-state index < -0.39 is 0 Å². The van der Waals surface area contributed by atoms with Crippen molar-refractivity contribution in [3.05, 3.63) is 21.9 Å². The Hall–Kier alpha value is -0.380. The van der Waals surface area contributed by atoms with Crippen LogP contribution in [0.3, 0.4) is 0 Å². The Labute approximate surface area is 83.4 Å². The van der Waals surface area contributed by atoms with Crippen LogP contribution in [0.15, 0.2) is 12.1 Å². The fourth-order valence-corrected chi connectivity index (χ4v) is 2.65. The average Bonchev–Trinajstić information content (AvgIpc) is 2.67. The first-order chi connectivity index (χ1) is 6.40. The zero-order valence-corrected chi connectivity index (χ0v) is 8.79. The molecule has 1 aliphatic rings. The molecular weight excluding hydrogens is 180 g/mol. The molecule has 13 heavy (non-hydrogen) atoms. The molecule has 2 heterocycles. The smallest absolute Gasteiger partial charge is 0.0542 e. The van der Waals surface area contributed by atoms with Crippen LogP contribution >= 0.6 is 11.3 Å². The fraction of sp³-hybridized carbons (Fsp3) is 0.600. The first-order valence-electron chi connectivity index (χ1n) is 4.93. The van der Waals surface area contributed by atoms with E-state index in [1.165, 1.54) is 9.75 Å². The van der Waals surface area contributed by atoms with Crippen LogP contribution in [-0.2, 0) is 6.42 Å².